The van der Waals surface area contributed by atoms with Crippen molar-refractivity contribution < 1.29 is 4.79 Å². The molecule has 0 aromatic heterocycles. The highest BCUT2D eigenvalue weighted by Crippen LogP contribution is 2.38. The number of benzene rings is 1. The molecule has 0 atom stereocenters. The second-order valence-electron chi connectivity index (χ2n) is 7.16. The minimum Gasteiger partial charge on any atom is -0.355 e. The molecule has 0 bridgehead atoms. The van der Waals surface area contributed by atoms with Crippen LogP contribution in [0.2, 0.25) is 0 Å². The summed E-state index contributed by atoms with van der Waals surface area (Å²) in [4.78, 5) is 14.5. The number of nitrogens with one attached hydrogen (secondary N) is 1. The molecule has 0 radical (unpaired) electrons. The van der Waals surface area contributed by atoms with E-state index < -0.39 is 0 Å². The highest BCUT2D eigenvalue weighted by molar-refractivity contribution is 5.95. The van der Waals surface area contributed by atoms with Crippen LogP contribution in [0, 0.1) is 19.3 Å². The number of aryl methyl sites for hydroxylation is 2. The molecule has 1 heterocycles. The van der Waals surface area contributed by atoms with Crippen LogP contribution in [-0.2, 0) is 6.54 Å². The van der Waals surface area contributed by atoms with Crippen molar-refractivity contribution in [2.24, 2.45) is 5.41 Å². The summed E-state index contributed by atoms with van der Waals surface area (Å²) < 4.78 is 0. The van der Waals surface area contributed by atoms with Gasteiger partial charge in [-0.15, -0.1) is 0 Å². The molecule has 1 fully saturated rings. The zero-order chi connectivity index (χ0) is 17.0. The summed E-state index contributed by atoms with van der Waals surface area (Å²) in [5.41, 5.74) is 5.01. The molecule has 1 aliphatic rings. The van der Waals surface area contributed by atoms with Crippen molar-refractivity contribution in [2.45, 2.75) is 59.9 Å². The first kappa shape index (κ1) is 18.0. The molecule has 23 heavy (non-hydrogen) atoms. The van der Waals surface area contributed by atoms with Gasteiger partial charge >= 0.3 is 0 Å². The Balaban J connectivity index is 2.07. The van der Waals surface area contributed by atoms with Gasteiger partial charge in [-0.2, -0.15) is 0 Å². The third-order valence-corrected chi connectivity index (χ3v) is 5.97. The third-order valence-electron chi connectivity index (χ3n) is 5.97. The molecule has 0 spiro atoms. The Hall–Kier alpha value is -1.35. The van der Waals surface area contributed by atoms with Crippen LogP contribution >= 0.6 is 0 Å². The number of nitrogens with zero attached hydrogens (tertiary/aromatic N) is 1. The first-order valence-corrected chi connectivity index (χ1v) is 8.99. The molecule has 2 rings (SSSR count). The first-order valence-electron chi connectivity index (χ1n) is 8.99. The van der Waals surface area contributed by atoms with E-state index in [2.05, 4.69) is 37.1 Å². The summed E-state index contributed by atoms with van der Waals surface area (Å²) in [6.45, 7) is 12.2. The molecular formula is C20H32N2O. The van der Waals surface area contributed by atoms with Crippen molar-refractivity contribution in [3.05, 3.63) is 34.4 Å². The molecule has 1 amide bonds. The maximum absolute atomic E-state index is 11.9. The minimum atomic E-state index is 0.00537. The summed E-state index contributed by atoms with van der Waals surface area (Å²) in [5, 5.41) is 2.72. The number of carbonyl (C=O) groups is 1. The smallest absolute Gasteiger partial charge is 0.251 e. The molecule has 1 aromatic carbocycles. The number of hydrogen-bond donors (Lipinski definition) is 1. The Bertz CT molecular complexity index is 551. The van der Waals surface area contributed by atoms with Gasteiger partial charge in [0.1, 0.15) is 0 Å². The van der Waals surface area contributed by atoms with E-state index in [9.17, 15) is 4.79 Å². The minimum absolute atomic E-state index is 0.00537. The number of amides is 1. The topological polar surface area (TPSA) is 32.3 Å². The molecule has 0 aliphatic carbocycles. The lowest BCUT2D eigenvalue weighted by atomic mass is 9.74. The van der Waals surface area contributed by atoms with Gasteiger partial charge in [-0.05, 0) is 68.0 Å². The summed E-state index contributed by atoms with van der Waals surface area (Å²) in [6, 6.07) is 4.23. The van der Waals surface area contributed by atoms with Crippen LogP contribution in [0.3, 0.4) is 0 Å². The highest BCUT2D eigenvalue weighted by Gasteiger charge is 2.31. The summed E-state index contributed by atoms with van der Waals surface area (Å²) >= 11 is 0. The van der Waals surface area contributed by atoms with E-state index in [0.717, 1.165) is 17.7 Å². The zero-order valence-corrected chi connectivity index (χ0v) is 15.5. The molecule has 3 nitrogen and oxygen atoms in total. The average molecular weight is 316 g/mol. The summed E-state index contributed by atoms with van der Waals surface area (Å²) in [5.74, 6) is 0.00537. The van der Waals surface area contributed by atoms with Gasteiger partial charge in [-0.3, -0.25) is 9.69 Å². The zero-order valence-electron chi connectivity index (χ0n) is 15.5. The maximum Gasteiger partial charge on any atom is 0.251 e. The number of carbonyl (C=O) groups excluding carboxylic acids is 1. The highest BCUT2D eigenvalue weighted by atomic mass is 16.1. The van der Waals surface area contributed by atoms with Crippen LogP contribution in [0.4, 0.5) is 0 Å². The Labute approximate surface area is 141 Å². The van der Waals surface area contributed by atoms with Gasteiger partial charge < -0.3 is 5.32 Å². The lowest BCUT2D eigenvalue weighted by Gasteiger charge is -2.41. The second-order valence-corrected chi connectivity index (χ2v) is 7.16. The van der Waals surface area contributed by atoms with E-state index >= 15 is 0 Å². The Morgan fingerprint density at radius 2 is 1.74 bits per heavy atom. The number of rotatable bonds is 5. The first-order chi connectivity index (χ1) is 10.9. The number of likely N-dealkylation sites (tertiary alicyclic amines) is 1. The molecule has 128 valence electrons. The molecular weight excluding hydrogens is 284 g/mol. The lowest BCUT2D eigenvalue weighted by Crippen LogP contribution is -2.39. The molecule has 1 aliphatic heterocycles. The van der Waals surface area contributed by atoms with Crippen LogP contribution in [0.25, 0.3) is 0 Å². The van der Waals surface area contributed by atoms with Gasteiger partial charge in [0.05, 0.1) is 0 Å². The van der Waals surface area contributed by atoms with Crippen LogP contribution in [0.15, 0.2) is 12.1 Å². The summed E-state index contributed by atoms with van der Waals surface area (Å²) in [6.07, 6.45) is 5.23. The predicted molar refractivity (Wildman–Crippen MR) is 96.8 cm³/mol. The van der Waals surface area contributed by atoms with E-state index in [4.69, 9.17) is 0 Å². The maximum atomic E-state index is 11.9. The van der Waals surface area contributed by atoms with Gasteiger partial charge in [0.25, 0.3) is 5.91 Å². The van der Waals surface area contributed by atoms with Crippen molar-refractivity contribution >= 4 is 5.91 Å². The van der Waals surface area contributed by atoms with Gasteiger partial charge in [0.2, 0.25) is 0 Å². The van der Waals surface area contributed by atoms with Crippen molar-refractivity contribution in [3.8, 4) is 0 Å². The van der Waals surface area contributed by atoms with Crippen LogP contribution < -0.4 is 5.32 Å². The van der Waals surface area contributed by atoms with E-state index in [-0.39, 0.29) is 5.91 Å². The molecule has 1 N–H and O–H groups in total. The fourth-order valence-corrected chi connectivity index (χ4v) is 3.81. The van der Waals surface area contributed by atoms with Crippen LogP contribution in [0.5, 0.6) is 0 Å². The molecule has 1 aromatic rings. The molecule has 0 unspecified atom stereocenters. The average Bonchev–Trinajstić information content (AvgIpc) is 2.58. The van der Waals surface area contributed by atoms with Crippen LogP contribution in [0.1, 0.15) is 66.6 Å². The normalized spacial score (nSPS) is 18.0. The quantitative estimate of drug-likeness (QED) is 0.888. The van der Waals surface area contributed by atoms with Gasteiger partial charge in [-0.1, -0.05) is 32.8 Å². The van der Waals surface area contributed by atoms with E-state index in [1.54, 1.807) is 7.05 Å². The third kappa shape index (κ3) is 3.95. The fraction of sp³-hybridized carbons (Fsp3) is 0.650. The number of piperidine rings is 1. The molecule has 1 saturated heterocycles. The van der Waals surface area contributed by atoms with Crippen LogP contribution in [-0.4, -0.2) is 30.9 Å². The Morgan fingerprint density at radius 1 is 1.13 bits per heavy atom. The standard InChI is InChI=1S/C20H32N2O/c1-6-20(7-2)8-10-22(11-9-20)14-17-12-16(4)18(13-15(17)3)19(23)21-5/h12-13H,6-11,14H2,1-5H3,(H,21,23). The van der Waals surface area contributed by atoms with Crippen molar-refractivity contribution in [1.82, 2.24) is 10.2 Å². The molecule has 3 heteroatoms. The lowest BCUT2D eigenvalue weighted by molar-refractivity contribution is 0.0907. The monoisotopic (exact) mass is 316 g/mol. The van der Waals surface area contributed by atoms with E-state index in [0.29, 0.717) is 5.41 Å². The van der Waals surface area contributed by atoms with E-state index in [1.807, 2.05) is 13.0 Å². The Kier molecular flexibility index (Phi) is 5.85. The van der Waals surface area contributed by atoms with Crippen molar-refractivity contribution in [2.75, 3.05) is 20.1 Å². The SMILES string of the molecule is CCC1(CC)CCN(Cc2cc(C)c(C(=O)NC)cc2C)CC1. The van der Waals surface area contributed by atoms with E-state index in [1.165, 1.54) is 49.9 Å². The second kappa shape index (κ2) is 7.48. The van der Waals surface area contributed by atoms with Crippen molar-refractivity contribution in [1.29, 1.82) is 0 Å². The van der Waals surface area contributed by atoms with Crippen molar-refractivity contribution in [3.63, 3.8) is 0 Å². The van der Waals surface area contributed by atoms with Gasteiger partial charge in [0.15, 0.2) is 0 Å². The largest absolute Gasteiger partial charge is 0.355 e. The van der Waals surface area contributed by atoms with Gasteiger partial charge in [-0.25, -0.2) is 0 Å². The fourth-order valence-electron chi connectivity index (χ4n) is 3.81. The number of hydrogen-bond acceptors (Lipinski definition) is 2. The Morgan fingerprint density at radius 3 is 2.26 bits per heavy atom. The summed E-state index contributed by atoms with van der Waals surface area (Å²) in [7, 11) is 1.69. The predicted octanol–water partition coefficient (Wildman–Crippen LogP) is 4.07. The van der Waals surface area contributed by atoms with Gasteiger partial charge in [0, 0.05) is 19.2 Å². The molecule has 0 saturated carbocycles.